The highest BCUT2D eigenvalue weighted by Crippen LogP contribution is 2.30. The molecule has 6 heteroatoms. The van der Waals surface area contributed by atoms with E-state index in [2.05, 4.69) is 23.3 Å². The minimum atomic E-state index is -0.0427. The van der Waals surface area contributed by atoms with Crippen LogP contribution in [0.5, 0.6) is 11.5 Å². The largest absolute Gasteiger partial charge is 0.490 e. The van der Waals surface area contributed by atoms with Gasteiger partial charge in [0, 0.05) is 17.3 Å². The molecular formula is C22H28N3O3+. The van der Waals surface area contributed by atoms with Crippen molar-refractivity contribution in [3.05, 3.63) is 69.8 Å². The van der Waals surface area contributed by atoms with Gasteiger partial charge in [-0.3, -0.25) is 9.20 Å². The van der Waals surface area contributed by atoms with E-state index in [0.29, 0.717) is 25.4 Å². The van der Waals surface area contributed by atoms with Crippen LogP contribution in [0.2, 0.25) is 0 Å². The van der Waals surface area contributed by atoms with E-state index in [0.717, 1.165) is 28.5 Å². The van der Waals surface area contributed by atoms with Crippen LogP contribution in [-0.4, -0.2) is 22.6 Å². The van der Waals surface area contributed by atoms with Crippen LogP contribution in [0.1, 0.15) is 43.8 Å². The van der Waals surface area contributed by atoms with Crippen molar-refractivity contribution in [1.29, 1.82) is 0 Å². The lowest BCUT2D eigenvalue weighted by atomic mass is 10.1. The Bertz CT molecular complexity index is 1010. The molecule has 0 amide bonds. The van der Waals surface area contributed by atoms with Gasteiger partial charge in [-0.1, -0.05) is 6.07 Å². The van der Waals surface area contributed by atoms with E-state index < -0.39 is 0 Å². The molecule has 1 atom stereocenters. The number of pyridine rings is 1. The van der Waals surface area contributed by atoms with E-state index in [1.165, 1.54) is 0 Å². The number of nitrogens with two attached hydrogens (primary N) is 1. The van der Waals surface area contributed by atoms with Gasteiger partial charge < -0.3 is 14.8 Å². The number of hydrogen-bond donors (Lipinski definition) is 1. The van der Waals surface area contributed by atoms with Crippen molar-refractivity contribution in [3.8, 4) is 11.5 Å². The third-order valence-corrected chi connectivity index (χ3v) is 4.71. The maximum absolute atomic E-state index is 12.4. The molecule has 2 heterocycles. The average Bonchev–Trinajstić information content (AvgIpc) is 2.67. The monoisotopic (exact) mass is 382 g/mol. The van der Waals surface area contributed by atoms with Crippen molar-refractivity contribution in [1.82, 2.24) is 9.38 Å². The molecule has 2 aromatic heterocycles. The summed E-state index contributed by atoms with van der Waals surface area (Å²) in [6.45, 7) is 9.77. The molecular weight excluding hydrogens is 354 g/mol. The van der Waals surface area contributed by atoms with Crippen LogP contribution < -0.4 is 20.3 Å². The molecule has 0 aliphatic rings. The average molecular weight is 382 g/mol. The number of rotatable bonds is 8. The Hall–Kier alpha value is -2.86. The van der Waals surface area contributed by atoms with Crippen LogP contribution in [0.15, 0.2) is 47.3 Å². The standard InChI is InChI=1S/C22H27N3O3/c1-5-27-19-11-10-17(12-20(19)28-6-2)16(4)23-14-18-13-22(26)25-15(3)8-7-9-21(25)24-18/h7-13,16,23H,5-6,14H2,1-4H3/p+1/t16-/m0/s1. The maximum atomic E-state index is 12.4. The predicted octanol–water partition coefficient (Wildman–Crippen LogP) is 2.62. The number of fused-ring (bicyclic) bond motifs is 1. The zero-order chi connectivity index (χ0) is 20.1. The zero-order valence-corrected chi connectivity index (χ0v) is 16.9. The Kier molecular flexibility index (Phi) is 6.31. The molecule has 1 aromatic carbocycles. The number of nitrogens with zero attached hydrogens (tertiary/aromatic N) is 2. The third-order valence-electron chi connectivity index (χ3n) is 4.71. The Morgan fingerprint density at radius 1 is 1.07 bits per heavy atom. The van der Waals surface area contributed by atoms with E-state index in [-0.39, 0.29) is 11.6 Å². The summed E-state index contributed by atoms with van der Waals surface area (Å²) in [5.74, 6) is 1.53. The van der Waals surface area contributed by atoms with Gasteiger partial charge in [0.15, 0.2) is 11.5 Å². The first-order chi connectivity index (χ1) is 13.5. The van der Waals surface area contributed by atoms with E-state index in [4.69, 9.17) is 9.47 Å². The molecule has 0 fully saturated rings. The van der Waals surface area contributed by atoms with Gasteiger partial charge in [-0.25, -0.2) is 4.98 Å². The zero-order valence-electron chi connectivity index (χ0n) is 16.9. The first-order valence-electron chi connectivity index (χ1n) is 9.74. The van der Waals surface area contributed by atoms with Crippen molar-refractivity contribution < 1.29 is 14.8 Å². The summed E-state index contributed by atoms with van der Waals surface area (Å²) in [6.07, 6.45) is 0. The normalized spacial score (nSPS) is 12.1. The SMILES string of the molecule is CCOc1ccc([C@H](C)[NH2+]Cc2cc(=O)n3c(C)cccc3n2)cc1OCC. The van der Waals surface area contributed by atoms with E-state index in [9.17, 15) is 4.79 Å². The van der Waals surface area contributed by atoms with Crippen LogP contribution in [0, 0.1) is 6.92 Å². The molecule has 0 aliphatic carbocycles. The Labute approximate surface area is 165 Å². The van der Waals surface area contributed by atoms with Crippen LogP contribution in [-0.2, 0) is 6.54 Å². The molecule has 0 saturated heterocycles. The van der Waals surface area contributed by atoms with Gasteiger partial charge >= 0.3 is 0 Å². The number of hydrogen-bond acceptors (Lipinski definition) is 4. The van der Waals surface area contributed by atoms with Gasteiger partial charge in [0.1, 0.15) is 23.9 Å². The summed E-state index contributed by atoms with van der Waals surface area (Å²) < 4.78 is 13.0. The summed E-state index contributed by atoms with van der Waals surface area (Å²) in [5, 5.41) is 2.17. The quantitative estimate of drug-likeness (QED) is 0.650. The fourth-order valence-electron chi connectivity index (χ4n) is 3.25. The lowest BCUT2D eigenvalue weighted by Crippen LogP contribution is -2.83. The van der Waals surface area contributed by atoms with Gasteiger partial charge in [0.05, 0.1) is 13.2 Å². The molecule has 0 saturated carbocycles. The Morgan fingerprint density at radius 3 is 2.57 bits per heavy atom. The van der Waals surface area contributed by atoms with Gasteiger partial charge in [0.25, 0.3) is 5.56 Å². The minimum Gasteiger partial charge on any atom is -0.490 e. The summed E-state index contributed by atoms with van der Waals surface area (Å²) in [7, 11) is 0. The van der Waals surface area contributed by atoms with Crippen LogP contribution in [0.3, 0.4) is 0 Å². The molecule has 0 spiro atoms. The fraction of sp³-hybridized carbons (Fsp3) is 0.364. The Balaban J connectivity index is 1.77. The molecule has 3 aromatic rings. The van der Waals surface area contributed by atoms with E-state index >= 15 is 0 Å². The number of ether oxygens (including phenoxy) is 2. The second-order valence-corrected chi connectivity index (χ2v) is 6.75. The van der Waals surface area contributed by atoms with Crippen molar-refractivity contribution in [3.63, 3.8) is 0 Å². The lowest BCUT2D eigenvalue weighted by Gasteiger charge is -2.15. The third kappa shape index (κ3) is 4.34. The summed E-state index contributed by atoms with van der Waals surface area (Å²) in [4.78, 5) is 17.1. The van der Waals surface area contributed by atoms with Crippen molar-refractivity contribution in [2.45, 2.75) is 40.3 Å². The molecule has 6 nitrogen and oxygen atoms in total. The highest BCUT2D eigenvalue weighted by atomic mass is 16.5. The van der Waals surface area contributed by atoms with Gasteiger partial charge in [-0.05, 0) is 58.0 Å². The molecule has 2 N–H and O–H groups in total. The number of aryl methyl sites for hydroxylation is 1. The summed E-state index contributed by atoms with van der Waals surface area (Å²) in [5.41, 5.74) is 3.44. The predicted molar refractivity (Wildman–Crippen MR) is 109 cm³/mol. The number of quaternary nitrogens is 1. The molecule has 0 unspecified atom stereocenters. The lowest BCUT2D eigenvalue weighted by molar-refractivity contribution is -0.708. The molecule has 0 bridgehead atoms. The first-order valence-corrected chi connectivity index (χ1v) is 9.74. The van der Waals surface area contributed by atoms with Crippen molar-refractivity contribution in [2.75, 3.05) is 13.2 Å². The first kappa shape index (κ1) is 19.9. The molecule has 0 aliphatic heterocycles. The Morgan fingerprint density at radius 2 is 1.82 bits per heavy atom. The highest BCUT2D eigenvalue weighted by Gasteiger charge is 2.14. The van der Waals surface area contributed by atoms with E-state index in [1.807, 2.05) is 51.1 Å². The minimum absolute atomic E-state index is 0.0427. The second kappa shape index (κ2) is 8.89. The van der Waals surface area contributed by atoms with E-state index in [1.54, 1.807) is 10.5 Å². The van der Waals surface area contributed by atoms with Gasteiger partial charge in [-0.2, -0.15) is 0 Å². The van der Waals surface area contributed by atoms with Crippen LogP contribution >= 0.6 is 0 Å². The van der Waals surface area contributed by atoms with Crippen molar-refractivity contribution in [2.24, 2.45) is 0 Å². The smallest absolute Gasteiger partial charge is 0.258 e. The van der Waals surface area contributed by atoms with Crippen LogP contribution in [0.4, 0.5) is 0 Å². The topological polar surface area (TPSA) is 69.4 Å². The van der Waals surface area contributed by atoms with Crippen LogP contribution in [0.25, 0.3) is 5.65 Å². The molecule has 3 rings (SSSR count). The summed E-state index contributed by atoms with van der Waals surface area (Å²) in [6, 6.07) is 13.5. The molecule has 148 valence electrons. The second-order valence-electron chi connectivity index (χ2n) is 6.75. The number of benzene rings is 1. The van der Waals surface area contributed by atoms with Crippen molar-refractivity contribution >= 4 is 5.65 Å². The molecule has 28 heavy (non-hydrogen) atoms. The molecule has 0 radical (unpaired) electrons. The number of aromatic nitrogens is 2. The fourth-order valence-corrected chi connectivity index (χ4v) is 3.25. The van der Waals surface area contributed by atoms with Gasteiger partial charge in [0.2, 0.25) is 0 Å². The highest BCUT2D eigenvalue weighted by molar-refractivity contribution is 5.43. The summed E-state index contributed by atoms with van der Waals surface area (Å²) >= 11 is 0. The maximum Gasteiger partial charge on any atom is 0.258 e. The van der Waals surface area contributed by atoms with Gasteiger partial charge in [-0.15, -0.1) is 0 Å².